The van der Waals surface area contributed by atoms with Crippen LogP contribution in [-0.4, -0.2) is 38.4 Å². The van der Waals surface area contributed by atoms with Crippen molar-refractivity contribution in [2.45, 2.75) is 18.4 Å². The second-order valence-corrected chi connectivity index (χ2v) is 9.24. The minimum absolute atomic E-state index is 0.127. The number of aryl methyl sites for hydroxylation is 1. The summed E-state index contributed by atoms with van der Waals surface area (Å²) in [6.45, 7) is -1.93. The number of rotatable bonds is 6. The Balaban J connectivity index is 1.58. The van der Waals surface area contributed by atoms with Gasteiger partial charge in [0, 0.05) is 23.3 Å². The molecular formula is C21H14F5N7O2S. The molecule has 0 spiro atoms. The van der Waals surface area contributed by atoms with Gasteiger partial charge < -0.3 is 4.98 Å². The van der Waals surface area contributed by atoms with Gasteiger partial charge in [0.25, 0.3) is 10.0 Å². The Hall–Kier alpha value is -4.27. The molecule has 0 fully saturated rings. The van der Waals surface area contributed by atoms with Gasteiger partial charge in [0.2, 0.25) is 0 Å². The number of nitrogens with one attached hydrogen (secondary N) is 3. The van der Waals surface area contributed by atoms with Crippen LogP contribution >= 0.6 is 0 Å². The maximum atomic E-state index is 15.4. The molecule has 0 aliphatic heterocycles. The average Bonchev–Trinajstić information content (AvgIpc) is 3.56. The fourth-order valence-electron chi connectivity index (χ4n) is 3.73. The topological polar surface area (TPSA) is 121 Å². The molecule has 5 aromatic rings. The summed E-state index contributed by atoms with van der Waals surface area (Å²) in [5.41, 5.74) is -2.24. The zero-order valence-corrected chi connectivity index (χ0v) is 18.8. The SMILES string of the molecule is Cc1nn(C(F)F)cc1S(=O)(=O)Nc1ccc(F)c(-c2ccc3c(-c4ncc[nH]4)[nH]nc3c2F)c1F. The molecule has 0 unspecified atom stereocenters. The highest BCUT2D eigenvalue weighted by Crippen LogP contribution is 2.37. The number of imidazole rings is 1. The van der Waals surface area contributed by atoms with Gasteiger partial charge in [0.1, 0.15) is 21.9 Å². The van der Waals surface area contributed by atoms with Gasteiger partial charge in [-0.1, -0.05) is 6.07 Å². The lowest BCUT2D eigenvalue weighted by Crippen LogP contribution is -2.15. The molecule has 3 N–H and O–H groups in total. The van der Waals surface area contributed by atoms with E-state index in [2.05, 4.69) is 25.3 Å². The molecule has 186 valence electrons. The number of aromatic amines is 2. The van der Waals surface area contributed by atoms with E-state index < -0.39 is 55.7 Å². The Morgan fingerprint density at radius 2 is 1.86 bits per heavy atom. The molecule has 2 aromatic carbocycles. The van der Waals surface area contributed by atoms with Crippen LogP contribution in [0.2, 0.25) is 0 Å². The van der Waals surface area contributed by atoms with Crippen molar-refractivity contribution in [2.75, 3.05) is 4.72 Å². The van der Waals surface area contributed by atoms with Gasteiger partial charge in [-0.15, -0.1) is 0 Å². The molecule has 0 saturated carbocycles. The van der Waals surface area contributed by atoms with E-state index in [1.807, 2.05) is 4.72 Å². The third-order valence-electron chi connectivity index (χ3n) is 5.37. The van der Waals surface area contributed by atoms with Gasteiger partial charge >= 0.3 is 6.55 Å². The van der Waals surface area contributed by atoms with Crippen LogP contribution in [0, 0.1) is 24.4 Å². The first-order chi connectivity index (χ1) is 17.1. The standard InChI is InChI=1S/C21H14F5N7O2S/c1-9-14(8-33(31-9)21(25)26)36(34,35)32-13-5-4-12(22)15(17(13)24)10-2-3-11-18(16(10)23)29-30-19(11)20-27-6-7-28-20/h2-8,21,32H,1H3,(H,27,28)(H,29,30). The molecule has 0 aliphatic carbocycles. The number of fused-ring (bicyclic) bond motifs is 1. The van der Waals surface area contributed by atoms with Gasteiger partial charge in [0.05, 0.1) is 23.1 Å². The molecular weight excluding hydrogens is 509 g/mol. The Morgan fingerprint density at radius 1 is 1.08 bits per heavy atom. The normalized spacial score (nSPS) is 12.1. The molecule has 0 aliphatic rings. The highest BCUT2D eigenvalue weighted by Gasteiger charge is 2.27. The van der Waals surface area contributed by atoms with Crippen molar-refractivity contribution in [3.05, 3.63) is 66.0 Å². The van der Waals surface area contributed by atoms with E-state index in [4.69, 9.17) is 0 Å². The van der Waals surface area contributed by atoms with Crippen LogP contribution < -0.4 is 4.72 Å². The van der Waals surface area contributed by atoms with Crippen LogP contribution in [0.5, 0.6) is 0 Å². The van der Waals surface area contributed by atoms with Crippen LogP contribution in [-0.2, 0) is 10.0 Å². The van der Waals surface area contributed by atoms with Gasteiger partial charge in [0.15, 0.2) is 17.5 Å². The van der Waals surface area contributed by atoms with Crippen molar-refractivity contribution in [1.29, 1.82) is 0 Å². The van der Waals surface area contributed by atoms with Crippen LogP contribution in [0.25, 0.3) is 33.5 Å². The number of alkyl halides is 2. The van der Waals surface area contributed by atoms with E-state index in [0.717, 1.165) is 18.2 Å². The number of anilines is 1. The van der Waals surface area contributed by atoms with Gasteiger partial charge in [-0.25, -0.2) is 31.3 Å². The third-order valence-corrected chi connectivity index (χ3v) is 6.83. The van der Waals surface area contributed by atoms with Crippen molar-refractivity contribution in [2.24, 2.45) is 0 Å². The molecule has 0 amide bonds. The van der Waals surface area contributed by atoms with Crippen LogP contribution in [0.4, 0.5) is 27.6 Å². The number of halogens is 5. The fourth-order valence-corrected chi connectivity index (χ4v) is 4.96. The maximum Gasteiger partial charge on any atom is 0.333 e. The van der Waals surface area contributed by atoms with Crippen LogP contribution in [0.3, 0.4) is 0 Å². The monoisotopic (exact) mass is 523 g/mol. The minimum atomic E-state index is -4.61. The van der Waals surface area contributed by atoms with Crippen LogP contribution in [0.1, 0.15) is 12.2 Å². The zero-order valence-electron chi connectivity index (χ0n) is 18.0. The van der Waals surface area contributed by atoms with Crippen molar-refractivity contribution < 1.29 is 30.4 Å². The molecule has 0 bridgehead atoms. The predicted octanol–water partition coefficient (Wildman–Crippen LogP) is 4.74. The number of hydrogen-bond acceptors (Lipinski definition) is 5. The third kappa shape index (κ3) is 3.77. The van der Waals surface area contributed by atoms with E-state index >= 15 is 8.78 Å². The predicted molar refractivity (Wildman–Crippen MR) is 118 cm³/mol. The Kier molecular flexibility index (Phi) is 5.50. The molecule has 0 saturated heterocycles. The Bertz CT molecular complexity index is 1710. The van der Waals surface area contributed by atoms with E-state index in [0.29, 0.717) is 17.7 Å². The van der Waals surface area contributed by atoms with Gasteiger partial charge in [-0.3, -0.25) is 9.82 Å². The van der Waals surface area contributed by atoms with Crippen molar-refractivity contribution in [1.82, 2.24) is 29.9 Å². The van der Waals surface area contributed by atoms with Gasteiger partial charge in [-0.2, -0.15) is 19.0 Å². The average molecular weight is 523 g/mol. The zero-order chi connectivity index (χ0) is 25.8. The molecule has 36 heavy (non-hydrogen) atoms. The summed E-state index contributed by atoms with van der Waals surface area (Å²) in [5, 5.41) is 10.2. The fraction of sp³-hybridized carbons (Fsp3) is 0.0952. The summed E-state index contributed by atoms with van der Waals surface area (Å²) in [5.74, 6) is -3.29. The van der Waals surface area contributed by atoms with Crippen molar-refractivity contribution in [3.8, 4) is 22.6 Å². The number of hydrogen-bond donors (Lipinski definition) is 3. The minimum Gasteiger partial charge on any atom is -0.343 e. The molecule has 15 heteroatoms. The summed E-state index contributed by atoms with van der Waals surface area (Å²) in [7, 11) is -4.61. The lowest BCUT2D eigenvalue weighted by molar-refractivity contribution is 0.0561. The number of aromatic nitrogens is 6. The first-order valence-corrected chi connectivity index (χ1v) is 11.6. The van der Waals surface area contributed by atoms with Crippen molar-refractivity contribution >= 4 is 26.6 Å². The smallest absolute Gasteiger partial charge is 0.333 e. The Labute approximate surface area is 199 Å². The second kappa shape index (κ2) is 8.44. The number of H-pyrrole nitrogens is 2. The summed E-state index contributed by atoms with van der Waals surface area (Å²) < 4.78 is 98.7. The summed E-state index contributed by atoms with van der Waals surface area (Å²) in [6, 6.07) is 4.04. The van der Waals surface area contributed by atoms with E-state index in [9.17, 15) is 21.6 Å². The van der Waals surface area contributed by atoms with Crippen LogP contribution in [0.15, 0.2) is 47.8 Å². The lowest BCUT2D eigenvalue weighted by atomic mass is 10.0. The Morgan fingerprint density at radius 3 is 2.53 bits per heavy atom. The highest BCUT2D eigenvalue weighted by atomic mass is 32.2. The number of sulfonamides is 1. The van der Waals surface area contributed by atoms with E-state index in [-0.39, 0.29) is 21.3 Å². The molecule has 0 radical (unpaired) electrons. The van der Waals surface area contributed by atoms with E-state index in [1.165, 1.54) is 19.2 Å². The largest absolute Gasteiger partial charge is 0.343 e. The van der Waals surface area contributed by atoms with E-state index in [1.54, 1.807) is 6.20 Å². The first-order valence-electron chi connectivity index (χ1n) is 10.1. The summed E-state index contributed by atoms with van der Waals surface area (Å²) in [4.78, 5) is 6.25. The molecule has 9 nitrogen and oxygen atoms in total. The molecule has 3 heterocycles. The lowest BCUT2D eigenvalue weighted by Gasteiger charge is -2.13. The highest BCUT2D eigenvalue weighted by molar-refractivity contribution is 7.92. The summed E-state index contributed by atoms with van der Waals surface area (Å²) in [6.07, 6.45) is 3.60. The van der Waals surface area contributed by atoms with Gasteiger partial charge in [-0.05, 0) is 25.1 Å². The molecule has 0 atom stereocenters. The quantitative estimate of drug-likeness (QED) is 0.278. The second-order valence-electron chi connectivity index (χ2n) is 7.59. The molecule has 3 aromatic heterocycles. The summed E-state index contributed by atoms with van der Waals surface area (Å²) >= 11 is 0. The number of benzene rings is 2. The molecule has 5 rings (SSSR count). The number of nitrogens with zero attached hydrogens (tertiary/aromatic N) is 4. The first kappa shape index (κ1) is 23.5. The maximum absolute atomic E-state index is 15.4. The van der Waals surface area contributed by atoms with Crippen molar-refractivity contribution in [3.63, 3.8) is 0 Å².